The summed E-state index contributed by atoms with van der Waals surface area (Å²) in [7, 11) is 0. The zero-order chi connectivity index (χ0) is 19.3. The summed E-state index contributed by atoms with van der Waals surface area (Å²) in [4.78, 5) is 19.7. The molecule has 1 amide bonds. The lowest BCUT2D eigenvalue weighted by molar-refractivity contribution is 0.0186. The summed E-state index contributed by atoms with van der Waals surface area (Å²) in [6.07, 6.45) is -0.344. The second-order valence-corrected chi connectivity index (χ2v) is 7.05. The van der Waals surface area contributed by atoms with E-state index >= 15 is 0 Å². The summed E-state index contributed by atoms with van der Waals surface area (Å²) >= 11 is 0. The van der Waals surface area contributed by atoms with Crippen LogP contribution >= 0.6 is 24.0 Å². The van der Waals surface area contributed by atoms with Gasteiger partial charge in [-0.15, -0.1) is 24.0 Å². The van der Waals surface area contributed by atoms with Gasteiger partial charge in [0.05, 0.1) is 18.2 Å². The van der Waals surface area contributed by atoms with Crippen LogP contribution in [0.5, 0.6) is 0 Å². The lowest BCUT2D eigenvalue weighted by atomic mass is 10.1. The number of halogens is 2. The number of nitrogens with zero attached hydrogens (tertiary/aromatic N) is 4. The van der Waals surface area contributed by atoms with Gasteiger partial charge in [0.15, 0.2) is 5.96 Å². The van der Waals surface area contributed by atoms with Gasteiger partial charge in [-0.1, -0.05) is 0 Å². The average molecular weight is 489 g/mol. The second-order valence-electron chi connectivity index (χ2n) is 7.05. The number of piperazine rings is 1. The van der Waals surface area contributed by atoms with E-state index in [1.165, 1.54) is 18.2 Å². The third kappa shape index (κ3) is 6.86. The molecule has 1 aliphatic heterocycles. The van der Waals surface area contributed by atoms with Crippen LogP contribution in [-0.4, -0.2) is 53.6 Å². The first-order valence-electron chi connectivity index (χ1n) is 8.41. The van der Waals surface area contributed by atoms with Crippen LogP contribution in [-0.2, 0) is 11.3 Å². The highest BCUT2D eigenvalue weighted by atomic mass is 127. The van der Waals surface area contributed by atoms with Crippen molar-refractivity contribution in [3.05, 3.63) is 35.1 Å². The molecule has 0 radical (unpaired) electrons. The summed E-state index contributed by atoms with van der Waals surface area (Å²) < 4.78 is 19.1. The summed E-state index contributed by atoms with van der Waals surface area (Å²) in [6, 6.07) is 6.10. The molecule has 1 fully saturated rings. The highest BCUT2D eigenvalue weighted by molar-refractivity contribution is 14.0. The van der Waals surface area contributed by atoms with Crippen LogP contribution < -0.4 is 5.73 Å². The molecule has 0 unspecified atom stereocenters. The molecule has 2 N–H and O–H groups in total. The molecule has 9 heteroatoms. The largest absolute Gasteiger partial charge is 0.444 e. The number of nitriles is 1. The zero-order valence-electron chi connectivity index (χ0n) is 15.7. The quantitative estimate of drug-likeness (QED) is 0.392. The second kappa shape index (κ2) is 9.73. The Kier molecular flexibility index (Phi) is 8.27. The molecule has 0 atom stereocenters. The molecule has 0 aliphatic carbocycles. The standard InChI is InChI=1S/C18H24FN5O2.HI/c1-18(2,3)26-17(25)24-8-6-23(7-9-24)16(21)22-12-14-10-13(11-20)4-5-15(14)19;/h4-5,10H,6-9,12H2,1-3H3,(H2,21,22);1H. The van der Waals surface area contributed by atoms with E-state index in [-0.39, 0.29) is 42.6 Å². The summed E-state index contributed by atoms with van der Waals surface area (Å²) in [5.41, 5.74) is 6.16. The van der Waals surface area contributed by atoms with E-state index in [0.29, 0.717) is 37.3 Å². The van der Waals surface area contributed by atoms with Crippen molar-refractivity contribution in [3.8, 4) is 6.07 Å². The van der Waals surface area contributed by atoms with Gasteiger partial charge in [0.1, 0.15) is 11.4 Å². The highest BCUT2D eigenvalue weighted by Crippen LogP contribution is 2.13. The van der Waals surface area contributed by atoms with Gasteiger partial charge >= 0.3 is 6.09 Å². The Balaban J connectivity index is 0.00000364. The molecule has 27 heavy (non-hydrogen) atoms. The first-order chi connectivity index (χ1) is 12.2. The van der Waals surface area contributed by atoms with E-state index < -0.39 is 11.4 Å². The van der Waals surface area contributed by atoms with E-state index in [9.17, 15) is 9.18 Å². The molecule has 0 bridgehead atoms. The van der Waals surface area contributed by atoms with Crippen LogP contribution in [0.15, 0.2) is 23.2 Å². The average Bonchev–Trinajstić information content (AvgIpc) is 2.59. The molecule has 1 aromatic carbocycles. The molecule has 0 saturated carbocycles. The number of carbonyl (C=O) groups is 1. The Bertz CT molecular complexity index is 734. The van der Waals surface area contributed by atoms with E-state index in [2.05, 4.69) is 4.99 Å². The minimum Gasteiger partial charge on any atom is -0.444 e. The fourth-order valence-corrected chi connectivity index (χ4v) is 2.48. The van der Waals surface area contributed by atoms with Crippen molar-refractivity contribution in [2.45, 2.75) is 32.9 Å². The van der Waals surface area contributed by atoms with Gasteiger partial charge in [-0.05, 0) is 39.0 Å². The first-order valence-corrected chi connectivity index (χ1v) is 8.41. The zero-order valence-corrected chi connectivity index (χ0v) is 18.1. The topological polar surface area (TPSA) is 94.9 Å². The van der Waals surface area contributed by atoms with Crippen molar-refractivity contribution >= 4 is 36.0 Å². The lowest BCUT2D eigenvalue weighted by Crippen LogP contribution is -2.53. The van der Waals surface area contributed by atoms with Gasteiger partial charge < -0.3 is 20.3 Å². The maximum Gasteiger partial charge on any atom is 0.410 e. The van der Waals surface area contributed by atoms with Gasteiger partial charge in [0.2, 0.25) is 0 Å². The molecule has 0 spiro atoms. The third-order valence-corrected chi connectivity index (χ3v) is 3.84. The Labute approximate surface area is 176 Å². The molecule has 0 aromatic heterocycles. The van der Waals surface area contributed by atoms with E-state index in [0.717, 1.165) is 0 Å². The van der Waals surface area contributed by atoms with Crippen LogP contribution in [0.1, 0.15) is 31.9 Å². The predicted molar refractivity (Wildman–Crippen MR) is 111 cm³/mol. The fourth-order valence-electron chi connectivity index (χ4n) is 2.48. The maximum atomic E-state index is 13.8. The number of nitrogens with two attached hydrogens (primary N) is 1. The first kappa shape index (κ1) is 23.0. The molecule has 7 nitrogen and oxygen atoms in total. The van der Waals surface area contributed by atoms with Gasteiger partial charge in [-0.2, -0.15) is 5.26 Å². The molecule has 1 heterocycles. The molecule has 148 valence electrons. The van der Waals surface area contributed by atoms with E-state index in [1.807, 2.05) is 31.7 Å². The Hall–Kier alpha value is -2.09. The van der Waals surface area contributed by atoms with E-state index in [1.54, 1.807) is 4.90 Å². The minimum atomic E-state index is -0.531. The number of amides is 1. The van der Waals surface area contributed by atoms with Crippen molar-refractivity contribution < 1.29 is 13.9 Å². The number of hydrogen-bond acceptors (Lipinski definition) is 4. The van der Waals surface area contributed by atoms with Crippen molar-refractivity contribution in [1.82, 2.24) is 9.80 Å². The van der Waals surface area contributed by atoms with Crippen LogP contribution in [0.3, 0.4) is 0 Å². The summed E-state index contributed by atoms with van der Waals surface area (Å²) in [5, 5.41) is 8.89. The van der Waals surface area contributed by atoms with Crippen LogP contribution in [0.25, 0.3) is 0 Å². The molecule has 1 aliphatic rings. The molecule has 2 rings (SSSR count). The number of ether oxygens (including phenoxy) is 1. The number of rotatable bonds is 2. The van der Waals surface area contributed by atoms with Crippen molar-refractivity contribution in [1.29, 1.82) is 5.26 Å². The van der Waals surface area contributed by atoms with Gasteiger partial charge in [0, 0.05) is 31.7 Å². The van der Waals surface area contributed by atoms with Crippen molar-refractivity contribution in [2.75, 3.05) is 26.2 Å². The molecular formula is C18H25FIN5O2. The monoisotopic (exact) mass is 489 g/mol. The van der Waals surface area contributed by atoms with Crippen molar-refractivity contribution in [2.24, 2.45) is 10.7 Å². The van der Waals surface area contributed by atoms with Gasteiger partial charge in [0.25, 0.3) is 0 Å². The number of carbonyl (C=O) groups excluding carboxylic acids is 1. The number of aliphatic imine (C=N–C) groups is 1. The van der Waals surface area contributed by atoms with Gasteiger partial charge in [-0.3, -0.25) is 0 Å². The summed E-state index contributed by atoms with van der Waals surface area (Å²) in [6.45, 7) is 7.53. The number of guanidine groups is 1. The SMILES string of the molecule is CC(C)(C)OC(=O)N1CCN(C(N)=NCc2cc(C#N)ccc2F)CC1.I. The summed E-state index contributed by atoms with van der Waals surface area (Å²) in [5.74, 6) is -0.133. The fraction of sp³-hybridized carbons (Fsp3) is 0.500. The van der Waals surface area contributed by atoms with Crippen LogP contribution in [0.2, 0.25) is 0 Å². The normalized spacial score (nSPS) is 15.0. The Morgan fingerprint density at radius 2 is 1.89 bits per heavy atom. The predicted octanol–water partition coefficient (Wildman–Crippen LogP) is 2.68. The number of hydrogen-bond donors (Lipinski definition) is 1. The Morgan fingerprint density at radius 3 is 2.44 bits per heavy atom. The number of benzene rings is 1. The molecule has 1 saturated heterocycles. The minimum absolute atomic E-state index is 0. The third-order valence-electron chi connectivity index (χ3n) is 3.84. The lowest BCUT2D eigenvalue weighted by Gasteiger charge is -2.36. The highest BCUT2D eigenvalue weighted by Gasteiger charge is 2.26. The van der Waals surface area contributed by atoms with Gasteiger partial charge in [-0.25, -0.2) is 14.2 Å². The molecule has 1 aromatic rings. The van der Waals surface area contributed by atoms with E-state index in [4.69, 9.17) is 15.7 Å². The maximum absolute atomic E-state index is 13.8. The smallest absolute Gasteiger partial charge is 0.410 e. The van der Waals surface area contributed by atoms with Crippen LogP contribution in [0.4, 0.5) is 9.18 Å². The molecular weight excluding hydrogens is 464 g/mol. The van der Waals surface area contributed by atoms with Crippen LogP contribution in [0, 0.1) is 17.1 Å². The van der Waals surface area contributed by atoms with Crippen molar-refractivity contribution in [3.63, 3.8) is 0 Å². The Morgan fingerprint density at radius 1 is 1.30 bits per heavy atom.